The van der Waals surface area contributed by atoms with Gasteiger partial charge in [-0.25, -0.2) is 0 Å². The monoisotopic (exact) mass is 238 g/mol. The average Bonchev–Trinajstić information content (AvgIpc) is 2.27. The molecule has 0 aliphatic heterocycles. The van der Waals surface area contributed by atoms with Gasteiger partial charge in [0.25, 0.3) is 0 Å². The average molecular weight is 238 g/mol. The SMILES string of the molecule is CC(C)OC(=O)C(C)C(S)c1ccccc1. The van der Waals surface area contributed by atoms with Gasteiger partial charge in [-0.15, -0.1) is 0 Å². The first kappa shape index (κ1) is 13.1. The van der Waals surface area contributed by atoms with Crippen molar-refractivity contribution in [3.63, 3.8) is 0 Å². The first-order valence-electron chi connectivity index (χ1n) is 5.46. The maximum atomic E-state index is 11.7. The molecule has 88 valence electrons. The molecular weight excluding hydrogens is 220 g/mol. The van der Waals surface area contributed by atoms with Crippen molar-refractivity contribution in [2.45, 2.75) is 32.1 Å². The molecule has 1 aromatic rings. The van der Waals surface area contributed by atoms with Crippen LogP contribution in [-0.4, -0.2) is 12.1 Å². The van der Waals surface area contributed by atoms with Crippen molar-refractivity contribution in [2.75, 3.05) is 0 Å². The number of ether oxygens (including phenoxy) is 1. The highest BCUT2D eigenvalue weighted by molar-refractivity contribution is 7.80. The van der Waals surface area contributed by atoms with Crippen LogP contribution in [0.15, 0.2) is 30.3 Å². The predicted octanol–water partition coefficient (Wildman–Crippen LogP) is 3.25. The lowest BCUT2D eigenvalue weighted by atomic mass is 10.0. The van der Waals surface area contributed by atoms with Crippen LogP contribution in [-0.2, 0) is 9.53 Å². The van der Waals surface area contributed by atoms with Crippen molar-refractivity contribution in [1.29, 1.82) is 0 Å². The fraction of sp³-hybridized carbons (Fsp3) is 0.462. The van der Waals surface area contributed by atoms with E-state index >= 15 is 0 Å². The molecule has 0 fully saturated rings. The lowest BCUT2D eigenvalue weighted by Crippen LogP contribution is -2.22. The summed E-state index contributed by atoms with van der Waals surface area (Å²) in [6.07, 6.45) is -0.0775. The van der Waals surface area contributed by atoms with Gasteiger partial charge in [0, 0.05) is 5.25 Å². The van der Waals surface area contributed by atoms with Gasteiger partial charge in [0.2, 0.25) is 0 Å². The topological polar surface area (TPSA) is 26.3 Å². The summed E-state index contributed by atoms with van der Waals surface area (Å²) in [5.41, 5.74) is 1.04. The first-order chi connectivity index (χ1) is 7.52. The molecule has 0 saturated heterocycles. The number of benzene rings is 1. The van der Waals surface area contributed by atoms with Gasteiger partial charge in [0.15, 0.2) is 0 Å². The van der Waals surface area contributed by atoms with Gasteiger partial charge >= 0.3 is 5.97 Å². The van der Waals surface area contributed by atoms with Crippen LogP contribution in [0.3, 0.4) is 0 Å². The van der Waals surface area contributed by atoms with Crippen molar-refractivity contribution >= 4 is 18.6 Å². The van der Waals surface area contributed by atoms with Crippen molar-refractivity contribution < 1.29 is 9.53 Å². The van der Waals surface area contributed by atoms with Crippen LogP contribution < -0.4 is 0 Å². The molecule has 1 rings (SSSR count). The lowest BCUT2D eigenvalue weighted by Gasteiger charge is -2.19. The van der Waals surface area contributed by atoms with E-state index in [1.54, 1.807) is 0 Å². The Labute approximate surface area is 102 Å². The number of thiol groups is 1. The summed E-state index contributed by atoms with van der Waals surface area (Å²) in [6, 6.07) is 9.77. The molecule has 0 spiro atoms. The Morgan fingerprint density at radius 1 is 1.19 bits per heavy atom. The lowest BCUT2D eigenvalue weighted by molar-refractivity contribution is -0.151. The Morgan fingerprint density at radius 3 is 2.25 bits per heavy atom. The van der Waals surface area contributed by atoms with Gasteiger partial charge in [-0.3, -0.25) is 4.79 Å². The maximum absolute atomic E-state index is 11.7. The molecule has 1 aromatic carbocycles. The Bertz CT molecular complexity index is 335. The number of rotatable bonds is 4. The molecule has 0 heterocycles. The van der Waals surface area contributed by atoms with E-state index in [4.69, 9.17) is 4.74 Å². The van der Waals surface area contributed by atoms with Crippen LogP contribution >= 0.6 is 12.6 Å². The second-order valence-electron chi connectivity index (χ2n) is 4.13. The van der Waals surface area contributed by atoms with Gasteiger partial charge in [0.1, 0.15) is 0 Å². The van der Waals surface area contributed by atoms with Crippen LogP contribution in [0, 0.1) is 5.92 Å². The Hall–Kier alpha value is -0.960. The standard InChI is InChI=1S/C13H18O2S/c1-9(2)15-13(14)10(3)12(16)11-7-5-4-6-8-11/h4-10,12,16H,1-3H3. The minimum Gasteiger partial charge on any atom is -0.463 e. The molecular formula is C13H18O2S. The molecule has 0 radical (unpaired) electrons. The van der Waals surface area contributed by atoms with Crippen molar-refractivity contribution in [3.05, 3.63) is 35.9 Å². The number of carbonyl (C=O) groups is 1. The summed E-state index contributed by atoms with van der Waals surface area (Å²) in [6.45, 7) is 5.54. The van der Waals surface area contributed by atoms with Gasteiger partial charge in [-0.1, -0.05) is 37.3 Å². The zero-order chi connectivity index (χ0) is 12.1. The van der Waals surface area contributed by atoms with E-state index in [0.29, 0.717) is 0 Å². The molecule has 0 aliphatic rings. The number of carbonyl (C=O) groups excluding carboxylic acids is 1. The summed E-state index contributed by atoms with van der Waals surface area (Å²) in [5.74, 6) is -0.438. The highest BCUT2D eigenvalue weighted by Crippen LogP contribution is 2.29. The highest BCUT2D eigenvalue weighted by Gasteiger charge is 2.24. The molecule has 16 heavy (non-hydrogen) atoms. The quantitative estimate of drug-likeness (QED) is 0.644. The molecule has 2 atom stereocenters. The number of esters is 1. The van der Waals surface area contributed by atoms with Gasteiger partial charge in [0.05, 0.1) is 12.0 Å². The van der Waals surface area contributed by atoms with E-state index in [0.717, 1.165) is 5.56 Å². The normalized spacial score (nSPS) is 14.6. The van der Waals surface area contributed by atoms with Gasteiger partial charge in [-0.2, -0.15) is 12.6 Å². The van der Waals surface area contributed by atoms with Gasteiger partial charge < -0.3 is 4.74 Å². The van der Waals surface area contributed by atoms with E-state index in [9.17, 15) is 4.79 Å². The zero-order valence-corrected chi connectivity index (χ0v) is 10.8. The van der Waals surface area contributed by atoms with E-state index in [2.05, 4.69) is 12.6 Å². The zero-order valence-electron chi connectivity index (χ0n) is 9.88. The Kier molecular flexibility index (Phi) is 4.87. The molecule has 0 aromatic heterocycles. The molecule has 2 nitrogen and oxygen atoms in total. The minimum atomic E-state index is -0.242. The summed E-state index contributed by atoms with van der Waals surface area (Å²) in [4.78, 5) is 11.7. The smallest absolute Gasteiger partial charge is 0.310 e. The summed E-state index contributed by atoms with van der Waals surface area (Å²) in [5, 5.41) is -0.118. The first-order valence-corrected chi connectivity index (χ1v) is 5.97. The maximum Gasteiger partial charge on any atom is 0.310 e. The van der Waals surface area contributed by atoms with Crippen LogP contribution in [0.2, 0.25) is 0 Å². The van der Waals surface area contributed by atoms with Crippen molar-refractivity contribution in [3.8, 4) is 0 Å². The summed E-state index contributed by atoms with van der Waals surface area (Å²) >= 11 is 4.48. The van der Waals surface area contributed by atoms with E-state index in [-0.39, 0.29) is 23.2 Å². The third kappa shape index (κ3) is 3.56. The van der Waals surface area contributed by atoms with E-state index in [1.165, 1.54) is 0 Å². The van der Waals surface area contributed by atoms with Crippen LogP contribution in [0.25, 0.3) is 0 Å². The van der Waals surface area contributed by atoms with Crippen LogP contribution in [0.1, 0.15) is 31.6 Å². The van der Waals surface area contributed by atoms with Crippen LogP contribution in [0.5, 0.6) is 0 Å². The third-order valence-electron chi connectivity index (χ3n) is 2.34. The van der Waals surface area contributed by atoms with E-state index in [1.807, 2.05) is 51.1 Å². The Balaban J connectivity index is 2.67. The predicted molar refractivity (Wildman–Crippen MR) is 68.6 cm³/mol. The molecule has 0 aliphatic carbocycles. The third-order valence-corrected chi connectivity index (χ3v) is 3.08. The molecule has 0 N–H and O–H groups in total. The van der Waals surface area contributed by atoms with Gasteiger partial charge in [-0.05, 0) is 19.4 Å². The molecule has 0 amide bonds. The summed E-state index contributed by atoms with van der Waals surface area (Å²) in [7, 11) is 0. The fourth-order valence-corrected chi connectivity index (χ4v) is 1.70. The van der Waals surface area contributed by atoms with Crippen molar-refractivity contribution in [1.82, 2.24) is 0 Å². The van der Waals surface area contributed by atoms with Crippen LogP contribution in [0.4, 0.5) is 0 Å². The van der Waals surface area contributed by atoms with E-state index < -0.39 is 0 Å². The molecule has 0 saturated carbocycles. The highest BCUT2D eigenvalue weighted by atomic mass is 32.1. The second-order valence-corrected chi connectivity index (χ2v) is 4.69. The minimum absolute atomic E-state index is 0.0775. The Morgan fingerprint density at radius 2 is 1.75 bits per heavy atom. The summed E-state index contributed by atoms with van der Waals surface area (Å²) < 4.78 is 5.17. The fourth-order valence-electron chi connectivity index (χ4n) is 1.41. The second kappa shape index (κ2) is 5.94. The molecule has 0 bridgehead atoms. The number of hydrogen-bond donors (Lipinski definition) is 1. The molecule has 3 heteroatoms. The molecule has 2 unspecified atom stereocenters. The van der Waals surface area contributed by atoms with Crippen molar-refractivity contribution in [2.24, 2.45) is 5.92 Å². The largest absolute Gasteiger partial charge is 0.463 e. The number of hydrogen-bond acceptors (Lipinski definition) is 3.